The molecule has 3 aromatic heterocycles. The summed E-state index contributed by atoms with van der Waals surface area (Å²) in [7, 11) is 0. The van der Waals surface area contributed by atoms with Crippen LogP contribution in [0.3, 0.4) is 0 Å². The van der Waals surface area contributed by atoms with Crippen molar-refractivity contribution in [2.45, 2.75) is 46.1 Å². The van der Waals surface area contributed by atoms with Gasteiger partial charge in [0.2, 0.25) is 0 Å². The number of nitrogens with zero attached hydrogens (tertiary/aromatic N) is 4. The molecular weight excluding hydrogens is 515 g/mol. The Bertz CT molecular complexity index is 1300. The lowest BCUT2D eigenvalue weighted by atomic mass is 10.0. The van der Waals surface area contributed by atoms with E-state index in [-0.39, 0.29) is 6.61 Å². The van der Waals surface area contributed by atoms with Gasteiger partial charge in [0.25, 0.3) is 0 Å². The molecule has 0 amide bonds. The van der Waals surface area contributed by atoms with Gasteiger partial charge in [-0.25, -0.2) is 9.37 Å². The number of aryl methyl sites for hydroxylation is 1. The first-order chi connectivity index (χ1) is 16.5. The van der Waals surface area contributed by atoms with E-state index in [1.807, 2.05) is 38.1 Å². The molecule has 0 spiro atoms. The standard InChI is InChI=1S/C26H26BrFN4O3/c1-15-12-30-20(19-6-5-7-23(31-19)26(3,4)34)11-21(15)32-16(2)10-22(24(27)25(32)33)35-14-18-9-8-17(28)13-29-18/h5-13,25,33-34H,14H2,1-4H3. The molecule has 1 atom stereocenters. The van der Waals surface area contributed by atoms with Crippen molar-refractivity contribution in [1.82, 2.24) is 15.0 Å². The highest BCUT2D eigenvalue weighted by atomic mass is 79.9. The number of halogens is 2. The van der Waals surface area contributed by atoms with Crippen LogP contribution >= 0.6 is 15.9 Å². The number of anilines is 1. The van der Waals surface area contributed by atoms with Crippen LogP contribution in [0.1, 0.15) is 37.7 Å². The molecule has 1 aliphatic rings. The molecule has 1 unspecified atom stereocenters. The molecule has 7 nitrogen and oxygen atoms in total. The van der Waals surface area contributed by atoms with Crippen LogP contribution in [0.5, 0.6) is 0 Å². The van der Waals surface area contributed by atoms with Gasteiger partial charge in [-0.1, -0.05) is 6.07 Å². The number of pyridine rings is 3. The summed E-state index contributed by atoms with van der Waals surface area (Å²) in [6.45, 7) is 7.27. The maximum absolute atomic E-state index is 13.1. The Morgan fingerprint density at radius 2 is 1.89 bits per heavy atom. The molecule has 0 fully saturated rings. The summed E-state index contributed by atoms with van der Waals surface area (Å²) >= 11 is 3.47. The van der Waals surface area contributed by atoms with Crippen molar-refractivity contribution in [2.24, 2.45) is 0 Å². The van der Waals surface area contributed by atoms with Gasteiger partial charge in [0.1, 0.15) is 23.8 Å². The van der Waals surface area contributed by atoms with E-state index >= 15 is 0 Å². The number of aromatic nitrogens is 3. The van der Waals surface area contributed by atoms with Gasteiger partial charge in [-0.15, -0.1) is 0 Å². The van der Waals surface area contributed by atoms with Crippen LogP contribution in [-0.4, -0.2) is 31.4 Å². The second-order valence-electron chi connectivity index (χ2n) is 8.82. The molecule has 0 aromatic carbocycles. The molecular formula is C26H26BrFN4O3. The van der Waals surface area contributed by atoms with E-state index in [1.54, 1.807) is 37.1 Å². The number of hydrogen-bond acceptors (Lipinski definition) is 7. The minimum atomic E-state index is -1.08. The fourth-order valence-corrected chi connectivity index (χ4v) is 4.10. The van der Waals surface area contributed by atoms with Crippen LogP contribution in [0.2, 0.25) is 0 Å². The van der Waals surface area contributed by atoms with Gasteiger partial charge in [-0.2, -0.15) is 0 Å². The molecule has 4 heterocycles. The lowest BCUT2D eigenvalue weighted by molar-refractivity contribution is 0.0740. The average Bonchev–Trinajstić information content (AvgIpc) is 2.82. The Balaban J connectivity index is 1.62. The van der Waals surface area contributed by atoms with Crippen molar-refractivity contribution in [3.63, 3.8) is 0 Å². The van der Waals surface area contributed by atoms with Gasteiger partial charge < -0.3 is 19.8 Å². The van der Waals surface area contributed by atoms with Crippen molar-refractivity contribution < 1.29 is 19.3 Å². The summed E-state index contributed by atoms with van der Waals surface area (Å²) < 4.78 is 19.4. The highest BCUT2D eigenvalue weighted by molar-refractivity contribution is 9.11. The van der Waals surface area contributed by atoms with E-state index in [4.69, 9.17) is 4.74 Å². The van der Waals surface area contributed by atoms with Crippen molar-refractivity contribution in [1.29, 1.82) is 0 Å². The van der Waals surface area contributed by atoms with Crippen LogP contribution in [0, 0.1) is 12.7 Å². The van der Waals surface area contributed by atoms with Gasteiger partial charge in [-0.3, -0.25) is 9.97 Å². The predicted octanol–water partition coefficient (Wildman–Crippen LogP) is 5.08. The third kappa shape index (κ3) is 5.42. The number of aliphatic hydroxyl groups is 2. The summed E-state index contributed by atoms with van der Waals surface area (Å²) in [5.41, 5.74) is 3.62. The van der Waals surface area contributed by atoms with E-state index in [1.165, 1.54) is 6.07 Å². The Morgan fingerprint density at radius 1 is 1.11 bits per heavy atom. The second-order valence-corrected chi connectivity index (χ2v) is 9.68. The fourth-order valence-electron chi connectivity index (χ4n) is 3.67. The first-order valence-electron chi connectivity index (χ1n) is 11.0. The van der Waals surface area contributed by atoms with Crippen LogP contribution in [0.4, 0.5) is 10.1 Å². The first kappa shape index (κ1) is 25.0. The van der Waals surface area contributed by atoms with Crippen LogP contribution in [0.15, 0.2) is 70.8 Å². The van der Waals surface area contributed by atoms with Gasteiger partial charge in [-0.05, 0) is 79.5 Å². The molecule has 0 saturated heterocycles. The Labute approximate surface area is 211 Å². The second kappa shape index (κ2) is 9.85. The molecule has 4 rings (SSSR count). The summed E-state index contributed by atoms with van der Waals surface area (Å²) in [5, 5.41) is 21.5. The Morgan fingerprint density at radius 3 is 2.57 bits per heavy atom. The number of ether oxygens (including phenoxy) is 1. The maximum Gasteiger partial charge on any atom is 0.167 e. The van der Waals surface area contributed by atoms with E-state index in [9.17, 15) is 14.6 Å². The number of allylic oxidation sites excluding steroid dienone is 2. The third-order valence-corrected chi connectivity index (χ3v) is 6.36. The van der Waals surface area contributed by atoms with Crippen LogP contribution in [0.25, 0.3) is 11.4 Å². The van der Waals surface area contributed by atoms with Crippen molar-refractivity contribution in [2.75, 3.05) is 4.90 Å². The minimum Gasteiger partial charge on any atom is -0.486 e. The molecule has 0 aliphatic carbocycles. The monoisotopic (exact) mass is 540 g/mol. The number of aliphatic hydroxyl groups excluding tert-OH is 1. The van der Waals surface area contributed by atoms with Crippen LogP contribution < -0.4 is 4.90 Å². The fraction of sp³-hybridized carbons (Fsp3) is 0.269. The first-order valence-corrected chi connectivity index (χ1v) is 11.8. The highest BCUT2D eigenvalue weighted by Crippen LogP contribution is 2.37. The molecule has 9 heteroatoms. The molecule has 0 bridgehead atoms. The average molecular weight is 541 g/mol. The summed E-state index contributed by atoms with van der Waals surface area (Å²) in [5.74, 6) is 0.0477. The predicted molar refractivity (Wildman–Crippen MR) is 135 cm³/mol. The molecule has 0 radical (unpaired) electrons. The quantitative estimate of drug-likeness (QED) is 0.450. The summed E-state index contributed by atoms with van der Waals surface area (Å²) in [6, 6.07) is 10.2. The molecule has 182 valence electrons. The summed E-state index contributed by atoms with van der Waals surface area (Å²) in [6.07, 6.45) is 3.64. The number of rotatable bonds is 6. The normalized spacial score (nSPS) is 16.4. The minimum absolute atomic E-state index is 0.128. The Hall–Kier alpha value is -3.14. The molecule has 2 N–H and O–H groups in total. The van der Waals surface area contributed by atoms with Gasteiger partial charge in [0.15, 0.2) is 6.23 Å². The van der Waals surface area contributed by atoms with Gasteiger partial charge in [0, 0.05) is 18.0 Å². The van der Waals surface area contributed by atoms with Crippen molar-refractivity contribution in [3.8, 4) is 11.4 Å². The SMILES string of the molecule is CC1=CC(OCc2ccc(F)cn2)=C(Br)C(O)N1c1cc(-c2cccc(C(C)(C)O)n2)ncc1C. The number of hydrogen-bond donors (Lipinski definition) is 2. The smallest absolute Gasteiger partial charge is 0.167 e. The van der Waals surface area contributed by atoms with E-state index < -0.39 is 17.6 Å². The Kier molecular flexibility index (Phi) is 7.02. The summed E-state index contributed by atoms with van der Waals surface area (Å²) in [4.78, 5) is 14.9. The lowest BCUT2D eigenvalue weighted by Gasteiger charge is -2.35. The zero-order chi connectivity index (χ0) is 25.3. The molecule has 35 heavy (non-hydrogen) atoms. The van der Waals surface area contributed by atoms with Gasteiger partial charge >= 0.3 is 0 Å². The van der Waals surface area contributed by atoms with E-state index in [0.29, 0.717) is 33.0 Å². The maximum atomic E-state index is 13.1. The largest absolute Gasteiger partial charge is 0.486 e. The molecule has 1 aliphatic heterocycles. The zero-order valence-corrected chi connectivity index (χ0v) is 21.4. The molecule has 0 saturated carbocycles. The third-order valence-electron chi connectivity index (χ3n) is 5.56. The topological polar surface area (TPSA) is 91.6 Å². The van der Waals surface area contributed by atoms with Crippen molar-refractivity contribution in [3.05, 3.63) is 93.6 Å². The highest BCUT2D eigenvalue weighted by Gasteiger charge is 2.30. The van der Waals surface area contributed by atoms with Crippen LogP contribution in [-0.2, 0) is 16.9 Å². The van der Waals surface area contributed by atoms with Gasteiger partial charge in [0.05, 0.1) is 39.1 Å². The zero-order valence-electron chi connectivity index (χ0n) is 19.8. The van der Waals surface area contributed by atoms with E-state index in [2.05, 4.69) is 30.9 Å². The van der Waals surface area contributed by atoms with Crippen molar-refractivity contribution >= 4 is 21.6 Å². The van der Waals surface area contributed by atoms with E-state index in [0.717, 1.165) is 23.1 Å². The molecule has 3 aromatic rings. The lowest BCUT2D eigenvalue weighted by Crippen LogP contribution is -2.37.